The summed E-state index contributed by atoms with van der Waals surface area (Å²) in [5, 5.41) is 9.44. The lowest BCUT2D eigenvalue weighted by atomic mass is 9.77. The highest BCUT2D eigenvalue weighted by Crippen LogP contribution is 2.42. The van der Waals surface area contributed by atoms with Gasteiger partial charge < -0.3 is 5.11 Å². The molecule has 1 aliphatic carbocycles. The van der Waals surface area contributed by atoms with E-state index < -0.39 is 17.7 Å². The van der Waals surface area contributed by atoms with Crippen molar-refractivity contribution < 1.29 is 23.1 Å². The Morgan fingerprint density at radius 1 is 1.13 bits per heavy atom. The number of carboxylic acids is 1. The van der Waals surface area contributed by atoms with Crippen LogP contribution < -0.4 is 0 Å². The molecule has 2 heterocycles. The quantitative estimate of drug-likeness (QED) is 0.362. The van der Waals surface area contributed by atoms with Crippen LogP contribution in [0.1, 0.15) is 64.0 Å². The highest BCUT2D eigenvalue weighted by Gasteiger charge is 2.40. The molecule has 0 spiro atoms. The van der Waals surface area contributed by atoms with E-state index in [0.717, 1.165) is 36.9 Å². The van der Waals surface area contributed by atoms with Crippen LogP contribution in [0.5, 0.6) is 0 Å². The van der Waals surface area contributed by atoms with Gasteiger partial charge >= 0.3 is 12.1 Å². The number of hydrogen-bond acceptors (Lipinski definition) is 3. The minimum absolute atomic E-state index is 0.0221. The van der Waals surface area contributed by atoms with E-state index in [9.17, 15) is 23.1 Å². The first-order valence-electron chi connectivity index (χ1n) is 13.5. The normalized spacial score (nSPS) is 23.3. The molecule has 1 saturated heterocycles. The molecule has 1 aromatic heterocycles. The van der Waals surface area contributed by atoms with Gasteiger partial charge in [0.05, 0.1) is 5.57 Å². The Hall–Kier alpha value is -2.93. The molecule has 1 N–H and O–H groups in total. The average molecular weight is 527 g/mol. The summed E-state index contributed by atoms with van der Waals surface area (Å²) in [7, 11) is 0. The van der Waals surface area contributed by atoms with E-state index >= 15 is 0 Å². The molecule has 4 rings (SSSR count). The number of nitrogens with zero attached hydrogens (tertiary/aromatic N) is 2. The second-order valence-corrected chi connectivity index (χ2v) is 11.1. The Kier molecular flexibility index (Phi) is 9.08. The van der Waals surface area contributed by atoms with Crippen LogP contribution in [0.25, 0.3) is 11.1 Å². The van der Waals surface area contributed by atoms with E-state index in [-0.39, 0.29) is 30.3 Å². The number of aliphatic carboxylic acids is 1. The maximum Gasteiger partial charge on any atom is 0.416 e. The third-order valence-corrected chi connectivity index (χ3v) is 7.92. The van der Waals surface area contributed by atoms with E-state index in [0.29, 0.717) is 18.8 Å². The molecule has 1 unspecified atom stereocenters. The summed E-state index contributed by atoms with van der Waals surface area (Å²) in [5.74, 6) is -0.368. The molecule has 0 amide bonds. The van der Waals surface area contributed by atoms with Gasteiger partial charge in [-0.3, -0.25) is 14.7 Å². The molecular weight excluding hydrogens is 489 g/mol. The van der Waals surface area contributed by atoms with E-state index in [4.69, 9.17) is 0 Å². The summed E-state index contributed by atoms with van der Waals surface area (Å²) in [4.78, 5) is 18.2. The van der Waals surface area contributed by atoms with Crippen molar-refractivity contribution >= 4 is 5.97 Å². The number of alkyl halides is 3. The van der Waals surface area contributed by atoms with Crippen LogP contribution in [-0.4, -0.2) is 39.7 Å². The minimum atomic E-state index is -4.35. The van der Waals surface area contributed by atoms with Gasteiger partial charge in [-0.25, -0.2) is 0 Å². The van der Waals surface area contributed by atoms with Crippen LogP contribution in [0.3, 0.4) is 0 Å². The van der Waals surface area contributed by atoms with Crippen molar-refractivity contribution in [2.24, 2.45) is 17.8 Å². The van der Waals surface area contributed by atoms with Gasteiger partial charge in [-0.1, -0.05) is 62.4 Å². The molecule has 1 aromatic carbocycles. The van der Waals surface area contributed by atoms with Crippen LogP contribution in [0.4, 0.5) is 13.2 Å². The van der Waals surface area contributed by atoms with Crippen molar-refractivity contribution in [2.75, 3.05) is 6.54 Å². The number of aromatic nitrogens is 1. The Morgan fingerprint density at radius 2 is 1.89 bits per heavy atom. The van der Waals surface area contributed by atoms with Gasteiger partial charge in [-0.05, 0) is 79.2 Å². The van der Waals surface area contributed by atoms with Crippen molar-refractivity contribution in [3.05, 3.63) is 78.2 Å². The molecule has 204 valence electrons. The third kappa shape index (κ3) is 7.13. The molecule has 2 aromatic rings. The summed E-state index contributed by atoms with van der Waals surface area (Å²) in [6.07, 6.45) is 7.26. The number of halogens is 3. The first-order valence-corrected chi connectivity index (χ1v) is 13.5. The van der Waals surface area contributed by atoms with E-state index in [1.807, 2.05) is 18.3 Å². The second kappa shape index (κ2) is 12.3. The molecule has 1 fully saturated rings. The number of carbonyl (C=O) groups is 1. The summed E-state index contributed by atoms with van der Waals surface area (Å²) in [6.45, 7) is 5.13. The number of allylic oxidation sites excluding steroid dienone is 3. The number of likely N-dealkylation sites (tertiary alicyclic amines) is 1. The topological polar surface area (TPSA) is 53.4 Å². The number of benzene rings is 1. The van der Waals surface area contributed by atoms with Crippen LogP contribution in [0.15, 0.2) is 72.6 Å². The zero-order valence-electron chi connectivity index (χ0n) is 22.1. The maximum atomic E-state index is 13.3. The fourth-order valence-corrected chi connectivity index (χ4v) is 5.91. The Morgan fingerprint density at radius 3 is 2.47 bits per heavy atom. The second-order valence-electron chi connectivity index (χ2n) is 11.1. The van der Waals surface area contributed by atoms with Crippen molar-refractivity contribution in [2.45, 2.75) is 70.6 Å². The molecule has 1 aliphatic heterocycles. The highest BCUT2D eigenvalue weighted by molar-refractivity contribution is 5.67. The largest absolute Gasteiger partial charge is 0.481 e. The fourth-order valence-electron chi connectivity index (χ4n) is 5.91. The van der Waals surface area contributed by atoms with Crippen LogP contribution in [-0.2, 0) is 4.79 Å². The molecule has 0 radical (unpaired) electrons. The summed E-state index contributed by atoms with van der Waals surface area (Å²) in [5.41, 5.74) is 2.72. The van der Waals surface area contributed by atoms with Crippen molar-refractivity contribution in [1.29, 1.82) is 0 Å². The zero-order chi connectivity index (χ0) is 27.3. The van der Waals surface area contributed by atoms with Crippen molar-refractivity contribution in [3.8, 4) is 11.1 Å². The molecule has 7 heteroatoms. The molecule has 0 bridgehead atoms. The van der Waals surface area contributed by atoms with E-state index in [1.165, 1.54) is 17.7 Å². The molecule has 2 aliphatic rings. The van der Waals surface area contributed by atoms with Gasteiger partial charge in [0.15, 0.2) is 0 Å². The van der Waals surface area contributed by atoms with Gasteiger partial charge in [0.2, 0.25) is 0 Å². The smallest absolute Gasteiger partial charge is 0.416 e. The van der Waals surface area contributed by atoms with Crippen molar-refractivity contribution in [3.63, 3.8) is 0 Å². The number of hydrogen-bond donors (Lipinski definition) is 1. The Labute approximate surface area is 223 Å². The standard InChI is InChI=1S/C31H37F3N2O2/c1-21(2)5-14-28(24-8-6-23(7-9-24)26-4-3-16-35-20-26)36-17-15-22(19-30(37)38)18-29(36)25-10-12-27(13-11-25)31(32,33)34/h3-4,6-10,12-13,16,20-22,25,28-29H,5,11,14-15,17-19H2,1-2H3,(H,37,38)/t22-,25?,28-,29+/m0/s1. The summed E-state index contributed by atoms with van der Waals surface area (Å²) in [6, 6.07) is 12.6. The van der Waals surface area contributed by atoms with Crippen LogP contribution >= 0.6 is 0 Å². The van der Waals surface area contributed by atoms with Gasteiger partial charge in [0.1, 0.15) is 0 Å². The van der Waals surface area contributed by atoms with Gasteiger partial charge in [0.25, 0.3) is 0 Å². The monoisotopic (exact) mass is 526 g/mol. The summed E-state index contributed by atoms with van der Waals surface area (Å²) >= 11 is 0. The van der Waals surface area contributed by atoms with Gasteiger partial charge in [-0.15, -0.1) is 0 Å². The number of pyridine rings is 1. The number of carboxylic acid groups (broad SMARTS) is 1. The first-order chi connectivity index (χ1) is 18.1. The molecule has 38 heavy (non-hydrogen) atoms. The van der Waals surface area contributed by atoms with Crippen molar-refractivity contribution in [1.82, 2.24) is 9.88 Å². The number of piperidine rings is 1. The molecule has 4 atom stereocenters. The fraction of sp³-hybridized carbons (Fsp3) is 0.484. The first kappa shape index (κ1) is 28.1. The molecular formula is C31H37F3N2O2. The predicted molar refractivity (Wildman–Crippen MR) is 143 cm³/mol. The third-order valence-electron chi connectivity index (χ3n) is 7.92. The lowest BCUT2D eigenvalue weighted by Gasteiger charge is -2.47. The average Bonchev–Trinajstić information content (AvgIpc) is 2.89. The SMILES string of the molecule is CC(C)CC[C@@H](c1ccc(-c2cccnc2)cc1)N1CC[C@H](CC(=O)O)C[C@@H]1C1C=CC(C(F)(F)F)=CC1. The lowest BCUT2D eigenvalue weighted by Crippen LogP contribution is -2.48. The Bertz CT molecular complexity index is 1130. The van der Waals surface area contributed by atoms with E-state index in [1.54, 1.807) is 12.3 Å². The minimum Gasteiger partial charge on any atom is -0.481 e. The highest BCUT2D eigenvalue weighted by atomic mass is 19.4. The molecule has 0 saturated carbocycles. The maximum absolute atomic E-state index is 13.3. The van der Waals surface area contributed by atoms with Crippen LogP contribution in [0, 0.1) is 17.8 Å². The van der Waals surface area contributed by atoms with Gasteiger partial charge in [0, 0.05) is 30.9 Å². The predicted octanol–water partition coefficient (Wildman–Crippen LogP) is 7.85. The van der Waals surface area contributed by atoms with Gasteiger partial charge in [-0.2, -0.15) is 13.2 Å². The zero-order valence-corrected chi connectivity index (χ0v) is 22.1. The number of rotatable bonds is 9. The summed E-state index contributed by atoms with van der Waals surface area (Å²) < 4.78 is 39.8. The lowest BCUT2D eigenvalue weighted by molar-refractivity contribution is -0.138. The van der Waals surface area contributed by atoms with Crippen LogP contribution in [0.2, 0.25) is 0 Å². The van der Waals surface area contributed by atoms with E-state index in [2.05, 4.69) is 48.0 Å². The Balaban J connectivity index is 1.63. The molecule has 4 nitrogen and oxygen atoms in total.